The van der Waals surface area contributed by atoms with E-state index in [0.717, 1.165) is 12.8 Å². The van der Waals surface area contributed by atoms with E-state index in [4.69, 9.17) is 0 Å². The molecule has 6 heteroatoms. The number of halogens is 4. The molecule has 1 aromatic carbocycles. The van der Waals surface area contributed by atoms with E-state index in [-0.39, 0.29) is 5.75 Å². The Morgan fingerprint density at radius 1 is 1.35 bits per heavy atom. The monoisotopic (exact) mass is 309 g/mol. The predicted octanol–water partition coefficient (Wildman–Crippen LogP) is 4.17. The first-order chi connectivity index (χ1) is 7.94. The van der Waals surface area contributed by atoms with Gasteiger partial charge in [-0.1, -0.05) is 15.9 Å². The molecule has 94 valence electrons. The molecule has 0 radical (unpaired) electrons. The molecule has 2 nitrogen and oxygen atoms in total. The van der Waals surface area contributed by atoms with Gasteiger partial charge in [0.05, 0.1) is 5.69 Å². The van der Waals surface area contributed by atoms with Gasteiger partial charge in [-0.3, -0.25) is 0 Å². The van der Waals surface area contributed by atoms with Crippen LogP contribution in [0.15, 0.2) is 22.7 Å². The van der Waals surface area contributed by atoms with Crippen LogP contribution in [0.5, 0.6) is 5.75 Å². The Bertz CT molecular complexity index is 404. The smallest absolute Gasteiger partial charge is 0.404 e. The summed E-state index contributed by atoms with van der Waals surface area (Å²) in [7, 11) is 0. The summed E-state index contributed by atoms with van der Waals surface area (Å²) in [5.41, 5.74) is 0.373. The van der Waals surface area contributed by atoms with Crippen LogP contribution in [-0.4, -0.2) is 12.9 Å². The van der Waals surface area contributed by atoms with Crippen LogP contribution in [0.2, 0.25) is 0 Å². The van der Waals surface area contributed by atoms with Gasteiger partial charge >= 0.3 is 6.36 Å². The van der Waals surface area contributed by atoms with Crippen molar-refractivity contribution < 1.29 is 17.9 Å². The summed E-state index contributed by atoms with van der Waals surface area (Å²) in [5, 5.41) is 2.98. The fourth-order valence-corrected chi connectivity index (χ4v) is 1.77. The van der Waals surface area contributed by atoms with Gasteiger partial charge in [-0.15, -0.1) is 13.2 Å². The third-order valence-corrected chi connectivity index (χ3v) is 2.94. The highest BCUT2D eigenvalue weighted by atomic mass is 79.9. The van der Waals surface area contributed by atoms with E-state index in [2.05, 4.69) is 26.0 Å². The maximum atomic E-state index is 12.2. The standard InChI is InChI=1S/C11H11BrF3NO/c12-8-3-4-9(16-6-7-1-2-7)10(5-8)17-11(13,14)15/h3-5,7,16H,1-2,6H2. The number of nitrogens with one attached hydrogen (secondary N) is 1. The first-order valence-corrected chi connectivity index (χ1v) is 6.02. The van der Waals surface area contributed by atoms with Crippen LogP contribution >= 0.6 is 15.9 Å². The SMILES string of the molecule is FC(F)(F)Oc1cc(Br)ccc1NCC1CC1. The van der Waals surface area contributed by atoms with Gasteiger partial charge in [0.15, 0.2) is 5.75 Å². The second kappa shape index (κ2) is 4.76. The van der Waals surface area contributed by atoms with Crippen molar-refractivity contribution in [3.05, 3.63) is 22.7 Å². The second-order valence-electron chi connectivity index (χ2n) is 4.01. The van der Waals surface area contributed by atoms with Gasteiger partial charge in [0, 0.05) is 11.0 Å². The number of ether oxygens (including phenoxy) is 1. The molecule has 1 aliphatic carbocycles. The van der Waals surface area contributed by atoms with Crippen LogP contribution in [0.3, 0.4) is 0 Å². The largest absolute Gasteiger partial charge is 0.573 e. The lowest BCUT2D eigenvalue weighted by molar-refractivity contribution is -0.274. The molecular weight excluding hydrogens is 299 g/mol. The highest BCUT2D eigenvalue weighted by Gasteiger charge is 2.32. The number of hydrogen-bond donors (Lipinski definition) is 1. The van der Waals surface area contributed by atoms with Crippen molar-refractivity contribution in [1.29, 1.82) is 0 Å². The zero-order chi connectivity index (χ0) is 12.5. The van der Waals surface area contributed by atoms with Crippen molar-refractivity contribution in [3.8, 4) is 5.75 Å². The number of hydrogen-bond acceptors (Lipinski definition) is 2. The molecule has 1 saturated carbocycles. The third-order valence-electron chi connectivity index (χ3n) is 2.45. The van der Waals surface area contributed by atoms with Gasteiger partial charge in [0.25, 0.3) is 0 Å². The average molecular weight is 310 g/mol. The molecule has 0 spiro atoms. The molecule has 0 atom stereocenters. The number of benzene rings is 1. The number of anilines is 1. The zero-order valence-corrected chi connectivity index (χ0v) is 10.4. The fraction of sp³-hybridized carbons (Fsp3) is 0.455. The zero-order valence-electron chi connectivity index (χ0n) is 8.85. The molecule has 1 aliphatic rings. The molecule has 0 aromatic heterocycles. The van der Waals surface area contributed by atoms with E-state index in [0.29, 0.717) is 22.6 Å². The van der Waals surface area contributed by atoms with E-state index in [1.807, 2.05) is 0 Å². The van der Waals surface area contributed by atoms with Crippen LogP contribution in [-0.2, 0) is 0 Å². The molecule has 0 aliphatic heterocycles. The van der Waals surface area contributed by atoms with Crippen LogP contribution in [0, 0.1) is 5.92 Å². The minimum Gasteiger partial charge on any atom is -0.404 e. The van der Waals surface area contributed by atoms with E-state index in [1.54, 1.807) is 12.1 Å². The van der Waals surface area contributed by atoms with Crippen LogP contribution < -0.4 is 10.1 Å². The summed E-state index contributed by atoms with van der Waals surface area (Å²) < 4.78 is 41.1. The number of rotatable bonds is 4. The van der Waals surface area contributed by atoms with Gasteiger partial charge in [-0.25, -0.2) is 0 Å². The molecule has 2 rings (SSSR count). The predicted molar refractivity (Wildman–Crippen MR) is 62.0 cm³/mol. The number of alkyl halides is 3. The van der Waals surface area contributed by atoms with Gasteiger partial charge < -0.3 is 10.1 Å². The maximum Gasteiger partial charge on any atom is 0.573 e. The molecular formula is C11H11BrF3NO. The Morgan fingerprint density at radius 3 is 2.65 bits per heavy atom. The van der Waals surface area contributed by atoms with Crippen molar-refractivity contribution in [2.24, 2.45) is 5.92 Å². The highest BCUT2D eigenvalue weighted by molar-refractivity contribution is 9.10. The topological polar surface area (TPSA) is 21.3 Å². The Kier molecular flexibility index (Phi) is 3.51. The lowest BCUT2D eigenvalue weighted by atomic mass is 10.3. The summed E-state index contributed by atoms with van der Waals surface area (Å²) in [4.78, 5) is 0. The van der Waals surface area contributed by atoms with Crippen molar-refractivity contribution in [3.63, 3.8) is 0 Å². The average Bonchev–Trinajstić information content (AvgIpc) is 2.97. The Morgan fingerprint density at radius 2 is 2.06 bits per heavy atom. The molecule has 0 saturated heterocycles. The lowest BCUT2D eigenvalue weighted by Gasteiger charge is -2.14. The summed E-state index contributed by atoms with van der Waals surface area (Å²) in [6.07, 6.45) is -2.39. The van der Waals surface area contributed by atoms with Crippen LogP contribution in [0.4, 0.5) is 18.9 Å². The molecule has 1 fully saturated rings. The molecule has 0 heterocycles. The van der Waals surface area contributed by atoms with Gasteiger partial charge in [0.1, 0.15) is 0 Å². The lowest BCUT2D eigenvalue weighted by Crippen LogP contribution is -2.18. The first-order valence-electron chi connectivity index (χ1n) is 5.23. The summed E-state index contributed by atoms with van der Waals surface area (Å²) in [6.45, 7) is 0.690. The van der Waals surface area contributed by atoms with Crippen molar-refractivity contribution >= 4 is 21.6 Å². The molecule has 0 bridgehead atoms. The summed E-state index contributed by atoms with van der Waals surface area (Å²) in [6, 6.07) is 4.56. The van der Waals surface area contributed by atoms with E-state index < -0.39 is 6.36 Å². The van der Waals surface area contributed by atoms with Gasteiger partial charge in [0.2, 0.25) is 0 Å². The summed E-state index contributed by atoms with van der Waals surface area (Å²) >= 11 is 3.12. The van der Waals surface area contributed by atoms with E-state index in [9.17, 15) is 13.2 Å². The molecule has 0 amide bonds. The van der Waals surface area contributed by atoms with E-state index in [1.165, 1.54) is 6.07 Å². The molecule has 0 unspecified atom stereocenters. The van der Waals surface area contributed by atoms with Crippen molar-refractivity contribution in [1.82, 2.24) is 0 Å². The van der Waals surface area contributed by atoms with Crippen LogP contribution in [0.25, 0.3) is 0 Å². The highest BCUT2D eigenvalue weighted by Crippen LogP contribution is 2.35. The fourth-order valence-electron chi connectivity index (χ4n) is 1.43. The van der Waals surface area contributed by atoms with Crippen LogP contribution in [0.1, 0.15) is 12.8 Å². The van der Waals surface area contributed by atoms with Crippen molar-refractivity contribution in [2.45, 2.75) is 19.2 Å². The second-order valence-corrected chi connectivity index (χ2v) is 4.93. The quantitative estimate of drug-likeness (QED) is 0.901. The summed E-state index contributed by atoms with van der Waals surface area (Å²) in [5.74, 6) is 0.380. The maximum absolute atomic E-state index is 12.2. The van der Waals surface area contributed by atoms with Gasteiger partial charge in [-0.2, -0.15) is 0 Å². The molecule has 1 N–H and O–H groups in total. The van der Waals surface area contributed by atoms with Crippen molar-refractivity contribution in [2.75, 3.05) is 11.9 Å². The first kappa shape index (κ1) is 12.5. The Labute approximate surface area is 105 Å². The Balaban J connectivity index is 2.11. The Hall–Kier alpha value is -0.910. The molecule has 17 heavy (non-hydrogen) atoms. The minimum absolute atomic E-state index is 0.201. The third kappa shape index (κ3) is 4.11. The normalized spacial score (nSPS) is 15.8. The minimum atomic E-state index is -4.67. The molecule has 1 aromatic rings. The van der Waals surface area contributed by atoms with E-state index >= 15 is 0 Å². The van der Waals surface area contributed by atoms with Gasteiger partial charge in [-0.05, 0) is 37.0 Å².